The number of aryl methyl sites for hydroxylation is 1. The van der Waals surface area contributed by atoms with Crippen LogP contribution in [0.1, 0.15) is 17.0 Å². The molecule has 0 aliphatic carbocycles. The number of aromatic nitrogens is 3. The lowest BCUT2D eigenvalue weighted by Crippen LogP contribution is -2.03. The van der Waals surface area contributed by atoms with Gasteiger partial charge in [-0.1, -0.05) is 11.6 Å². The van der Waals surface area contributed by atoms with Gasteiger partial charge in [-0.15, -0.1) is 0 Å². The third-order valence-electron chi connectivity index (χ3n) is 2.15. The summed E-state index contributed by atoms with van der Waals surface area (Å²) in [5, 5.41) is 21.8. The number of halogens is 1. The Kier molecular flexibility index (Phi) is 2.78. The summed E-state index contributed by atoms with van der Waals surface area (Å²) in [4.78, 5) is 4.06. The molecule has 0 spiro atoms. The van der Waals surface area contributed by atoms with E-state index in [1.807, 2.05) is 12.1 Å². The lowest BCUT2D eigenvalue weighted by Gasteiger charge is -2.04. The molecule has 0 aromatic carbocycles. The largest absolute Gasteiger partial charge is 0.234 e. The molecule has 2 rings (SSSR count). The van der Waals surface area contributed by atoms with Crippen molar-refractivity contribution in [3.8, 4) is 18.0 Å². The van der Waals surface area contributed by atoms with Crippen molar-refractivity contribution in [1.82, 2.24) is 14.8 Å². The Labute approximate surface area is 102 Å². The van der Waals surface area contributed by atoms with Gasteiger partial charge in [-0.3, -0.25) is 0 Å². The number of rotatable bonds is 1. The van der Waals surface area contributed by atoms with Crippen molar-refractivity contribution in [3.63, 3.8) is 0 Å². The quantitative estimate of drug-likeness (QED) is 0.767. The molecule has 0 aliphatic rings. The van der Waals surface area contributed by atoms with Gasteiger partial charge in [0.05, 0.1) is 10.6 Å². The second-order valence-electron chi connectivity index (χ2n) is 3.34. The van der Waals surface area contributed by atoms with Gasteiger partial charge >= 0.3 is 0 Å². The molecule has 0 saturated heterocycles. The maximum Gasteiger partial charge on any atom is 0.172 e. The lowest BCUT2D eigenvalue weighted by molar-refractivity contribution is 0.812. The van der Waals surface area contributed by atoms with E-state index in [9.17, 15) is 0 Å². The summed E-state index contributed by atoms with van der Waals surface area (Å²) in [6.07, 6.45) is 1.41. The fourth-order valence-corrected chi connectivity index (χ4v) is 1.64. The molecule has 0 aliphatic heterocycles. The van der Waals surface area contributed by atoms with Crippen molar-refractivity contribution < 1.29 is 0 Å². The zero-order valence-electron chi connectivity index (χ0n) is 8.85. The molecular formula is C11H6ClN5. The van der Waals surface area contributed by atoms with Gasteiger partial charge in [-0.25, -0.2) is 9.67 Å². The zero-order valence-corrected chi connectivity index (χ0v) is 9.60. The van der Waals surface area contributed by atoms with E-state index in [1.165, 1.54) is 16.9 Å². The third kappa shape index (κ3) is 1.96. The number of nitriles is 2. The summed E-state index contributed by atoms with van der Waals surface area (Å²) in [5.74, 6) is 0.407. The minimum atomic E-state index is 0.296. The van der Waals surface area contributed by atoms with E-state index < -0.39 is 0 Å². The highest BCUT2D eigenvalue weighted by Gasteiger charge is 2.11. The molecular weight excluding hydrogens is 238 g/mol. The van der Waals surface area contributed by atoms with Crippen molar-refractivity contribution in [2.45, 2.75) is 6.92 Å². The second kappa shape index (κ2) is 4.25. The van der Waals surface area contributed by atoms with E-state index in [0.717, 1.165) is 5.69 Å². The fraction of sp³-hybridized carbons (Fsp3) is 0.0909. The molecule has 0 unspecified atom stereocenters. The highest BCUT2D eigenvalue weighted by molar-refractivity contribution is 6.32. The predicted molar refractivity (Wildman–Crippen MR) is 60.5 cm³/mol. The number of pyridine rings is 1. The molecule has 2 aromatic rings. The molecule has 0 radical (unpaired) electrons. The van der Waals surface area contributed by atoms with E-state index in [4.69, 9.17) is 22.1 Å². The zero-order chi connectivity index (χ0) is 12.4. The van der Waals surface area contributed by atoms with Crippen molar-refractivity contribution in [2.24, 2.45) is 0 Å². The maximum absolute atomic E-state index is 8.75. The van der Waals surface area contributed by atoms with Gasteiger partial charge < -0.3 is 0 Å². The van der Waals surface area contributed by atoms with Crippen LogP contribution in [0.5, 0.6) is 0 Å². The van der Waals surface area contributed by atoms with Crippen molar-refractivity contribution in [1.29, 1.82) is 10.5 Å². The molecule has 0 atom stereocenters. The number of hydrogen-bond acceptors (Lipinski definition) is 4. The summed E-state index contributed by atoms with van der Waals surface area (Å²) in [7, 11) is 0. The average molecular weight is 244 g/mol. The van der Waals surface area contributed by atoms with Crippen molar-refractivity contribution in [3.05, 3.63) is 40.3 Å². The Balaban J connectivity index is 2.58. The van der Waals surface area contributed by atoms with E-state index in [-0.39, 0.29) is 0 Å². The van der Waals surface area contributed by atoms with E-state index in [0.29, 0.717) is 22.1 Å². The topological polar surface area (TPSA) is 78.3 Å². The van der Waals surface area contributed by atoms with Gasteiger partial charge in [0.2, 0.25) is 0 Å². The van der Waals surface area contributed by atoms with Crippen LogP contribution in [0.2, 0.25) is 5.02 Å². The normalized spacial score (nSPS) is 9.65. The Morgan fingerprint density at radius 2 is 2.06 bits per heavy atom. The first kappa shape index (κ1) is 11.1. The van der Waals surface area contributed by atoms with Gasteiger partial charge in [0.15, 0.2) is 11.5 Å². The minimum absolute atomic E-state index is 0.296. The molecule has 0 saturated carbocycles. The van der Waals surface area contributed by atoms with Crippen LogP contribution in [0.15, 0.2) is 18.3 Å². The highest BCUT2D eigenvalue weighted by atomic mass is 35.5. The Morgan fingerprint density at radius 3 is 2.59 bits per heavy atom. The smallest absolute Gasteiger partial charge is 0.172 e. The standard InChI is InChI=1S/C11H6ClN5/c1-7-2-9(5-14)16-17(7)11-10(12)3-8(4-13)6-15-11/h2-3,6H,1H3. The molecule has 0 N–H and O–H groups in total. The first-order chi connectivity index (χ1) is 8.15. The van der Waals surface area contributed by atoms with Crippen LogP contribution < -0.4 is 0 Å². The summed E-state index contributed by atoms with van der Waals surface area (Å²) in [6.45, 7) is 1.80. The first-order valence-corrected chi connectivity index (χ1v) is 5.06. The molecule has 5 nitrogen and oxygen atoms in total. The molecule has 0 bridgehead atoms. The highest BCUT2D eigenvalue weighted by Crippen LogP contribution is 2.20. The summed E-state index contributed by atoms with van der Waals surface area (Å²) >= 11 is 6.01. The molecule has 0 fully saturated rings. The fourth-order valence-electron chi connectivity index (χ4n) is 1.39. The predicted octanol–water partition coefficient (Wildman–Crippen LogP) is 1.97. The summed E-state index contributed by atoms with van der Waals surface area (Å²) < 4.78 is 1.47. The Bertz CT molecular complexity index is 659. The molecule has 82 valence electrons. The summed E-state index contributed by atoms with van der Waals surface area (Å²) in [5.41, 5.74) is 1.43. The van der Waals surface area contributed by atoms with Crippen molar-refractivity contribution >= 4 is 11.6 Å². The maximum atomic E-state index is 8.75. The number of nitrogens with zero attached hydrogens (tertiary/aromatic N) is 5. The van der Waals surface area contributed by atoms with Crippen LogP contribution >= 0.6 is 11.6 Å². The van der Waals surface area contributed by atoms with Crippen molar-refractivity contribution in [2.75, 3.05) is 0 Å². The molecule has 2 aromatic heterocycles. The average Bonchev–Trinajstić information content (AvgIpc) is 2.70. The minimum Gasteiger partial charge on any atom is -0.234 e. The van der Waals surface area contributed by atoms with E-state index in [1.54, 1.807) is 13.0 Å². The van der Waals surface area contributed by atoms with Crippen LogP contribution in [0, 0.1) is 29.6 Å². The Hall–Kier alpha value is -2.37. The Morgan fingerprint density at radius 1 is 1.29 bits per heavy atom. The van der Waals surface area contributed by atoms with Crippen LogP contribution in [0.3, 0.4) is 0 Å². The second-order valence-corrected chi connectivity index (χ2v) is 3.74. The first-order valence-electron chi connectivity index (χ1n) is 4.68. The van der Waals surface area contributed by atoms with E-state index in [2.05, 4.69) is 10.1 Å². The molecule has 17 heavy (non-hydrogen) atoms. The van der Waals surface area contributed by atoms with Crippen LogP contribution in [-0.2, 0) is 0 Å². The van der Waals surface area contributed by atoms with Gasteiger partial charge in [-0.05, 0) is 19.1 Å². The number of hydrogen-bond donors (Lipinski definition) is 0. The van der Waals surface area contributed by atoms with Gasteiger partial charge in [0.1, 0.15) is 12.1 Å². The third-order valence-corrected chi connectivity index (χ3v) is 2.43. The molecule has 2 heterocycles. The van der Waals surface area contributed by atoms with Crippen LogP contribution in [-0.4, -0.2) is 14.8 Å². The van der Waals surface area contributed by atoms with Gasteiger partial charge in [0.25, 0.3) is 0 Å². The lowest BCUT2D eigenvalue weighted by atomic mass is 10.3. The van der Waals surface area contributed by atoms with Gasteiger partial charge in [0, 0.05) is 11.9 Å². The van der Waals surface area contributed by atoms with E-state index >= 15 is 0 Å². The van der Waals surface area contributed by atoms with Gasteiger partial charge in [-0.2, -0.15) is 15.6 Å². The molecule has 0 amide bonds. The van der Waals surface area contributed by atoms with Crippen LogP contribution in [0.25, 0.3) is 5.82 Å². The van der Waals surface area contributed by atoms with Crippen LogP contribution in [0.4, 0.5) is 0 Å². The monoisotopic (exact) mass is 243 g/mol. The SMILES string of the molecule is Cc1cc(C#N)nn1-c1ncc(C#N)cc1Cl. The molecule has 6 heteroatoms. The summed E-state index contributed by atoms with van der Waals surface area (Å²) in [6, 6.07) is 7.04.